The maximum atomic E-state index is 6.15. The summed E-state index contributed by atoms with van der Waals surface area (Å²) in [7, 11) is 1.67. The Morgan fingerprint density at radius 2 is 2.19 bits per heavy atom. The molecule has 0 radical (unpaired) electrons. The molecule has 0 fully saturated rings. The van der Waals surface area contributed by atoms with Gasteiger partial charge in [0, 0.05) is 12.0 Å². The molecule has 3 nitrogen and oxygen atoms in total. The highest BCUT2D eigenvalue weighted by molar-refractivity contribution is 9.10. The lowest BCUT2D eigenvalue weighted by Gasteiger charge is -2.28. The van der Waals surface area contributed by atoms with E-state index in [1.807, 2.05) is 36.4 Å². The number of benzene rings is 2. The van der Waals surface area contributed by atoms with Crippen LogP contribution in [0, 0.1) is 0 Å². The fraction of sp³-hybridized carbons (Fsp3) is 0.250. The van der Waals surface area contributed by atoms with E-state index in [9.17, 15) is 0 Å². The molecule has 0 saturated carbocycles. The molecule has 21 heavy (non-hydrogen) atoms. The van der Waals surface area contributed by atoms with Crippen molar-refractivity contribution in [3.05, 3.63) is 51.5 Å². The van der Waals surface area contributed by atoms with Gasteiger partial charge in [-0.2, -0.15) is 0 Å². The third kappa shape index (κ3) is 2.97. The topological polar surface area (TPSA) is 30.5 Å². The molecule has 2 aromatic carbocycles. The molecule has 0 bridgehead atoms. The first kappa shape index (κ1) is 14.5. The van der Waals surface area contributed by atoms with Gasteiger partial charge in [-0.05, 0) is 46.3 Å². The van der Waals surface area contributed by atoms with Gasteiger partial charge in [-0.3, -0.25) is 0 Å². The average Bonchev–Trinajstić information content (AvgIpc) is 2.51. The van der Waals surface area contributed by atoms with Crippen molar-refractivity contribution in [2.75, 3.05) is 19.0 Å². The van der Waals surface area contributed by atoms with Crippen molar-refractivity contribution < 1.29 is 9.47 Å². The minimum Gasteiger partial charge on any atom is -0.497 e. The lowest BCUT2D eigenvalue weighted by Crippen LogP contribution is -2.20. The maximum Gasteiger partial charge on any atom is 0.124 e. The molecular formula is C16H15BrClNO2. The summed E-state index contributed by atoms with van der Waals surface area (Å²) in [5.74, 6) is 1.73. The van der Waals surface area contributed by atoms with Crippen molar-refractivity contribution >= 4 is 33.2 Å². The number of hydrogen-bond acceptors (Lipinski definition) is 3. The number of hydrogen-bond donors (Lipinski definition) is 1. The first-order chi connectivity index (χ1) is 10.2. The van der Waals surface area contributed by atoms with Crippen LogP contribution < -0.4 is 14.8 Å². The highest BCUT2D eigenvalue weighted by Crippen LogP contribution is 2.39. The molecule has 1 atom stereocenters. The highest BCUT2D eigenvalue weighted by atomic mass is 79.9. The smallest absolute Gasteiger partial charge is 0.124 e. The molecule has 1 N–H and O–H groups in total. The van der Waals surface area contributed by atoms with Gasteiger partial charge in [0.2, 0.25) is 0 Å². The van der Waals surface area contributed by atoms with E-state index < -0.39 is 0 Å². The molecule has 3 rings (SSSR count). The average molecular weight is 369 g/mol. The fourth-order valence-electron chi connectivity index (χ4n) is 2.45. The molecule has 1 aliphatic rings. The monoisotopic (exact) mass is 367 g/mol. The van der Waals surface area contributed by atoms with Crippen molar-refractivity contribution in [3.8, 4) is 11.5 Å². The Morgan fingerprint density at radius 1 is 1.33 bits per heavy atom. The number of halogens is 2. The van der Waals surface area contributed by atoms with E-state index in [4.69, 9.17) is 21.1 Å². The number of anilines is 1. The summed E-state index contributed by atoms with van der Waals surface area (Å²) >= 11 is 9.67. The lowest BCUT2D eigenvalue weighted by molar-refractivity contribution is 0.273. The molecule has 1 aliphatic heterocycles. The Hall–Kier alpha value is -1.39. The number of ether oxygens (including phenoxy) is 2. The number of rotatable bonds is 3. The van der Waals surface area contributed by atoms with Crippen molar-refractivity contribution in [1.82, 2.24) is 0 Å². The zero-order chi connectivity index (χ0) is 14.8. The summed E-state index contributed by atoms with van der Waals surface area (Å²) in [5, 5.41) is 4.22. The highest BCUT2D eigenvalue weighted by Gasteiger charge is 2.22. The normalized spacial score (nSPS) is 16.8. The quantitative estimate of drug-likeness (QED) is 0.822. The zero-order valence-electron chi connectivity index (χ0n) is 11.5. The van der Waals surface area contributed by atoms with Crippen LogP contribution in [0.5, 0.6) is 11.5 Å². The van der Waals surface area contributed by atoms with Gasteiger partial charge in [-0.25, -0.2) is 0 Å². The predicted octanol–water partition coefficient (Wildman–Crippen LogP) is 5.05. The zero-order valence-corrected chi connectivity index (χ0v) is 13.9. The van der Waals surface area contributed by atoms with Crippen LogP contribution >= 0.6 is 27.5 Å². The standard InChI is InChI=1S/C16H15BrClNO2/c1-20-10-5-6-15-11(9-10)13(7-8-21-15)19-14-4-2-3-12(18)16(14)17/h2-6,9,13,19H,7-8H2,1H3. The van der Waals surface area contributed by atoms with Gasteiger partial charge >= 0.3 is 0 Å². The van der Waals surface area contributed by atoms with Crippen LogP contribution in [0.4, 0.5) is 5.69 Å². The minimum absolute atomic E-state index is 0.165. The van der Waals surface area contributed by atoms with Crippen LogP contribution in [-0.4, -0.2) is 13.7 Å². The summed E-state index contributed by atoms with van der Waals surface area (Å²) in [5.41, 5.74) is 2.08. The van der Waals surface area contributed by atoms with E-state index in [1.54, 1.807) is 7.11 Å². The molecule has 0 aromatic heterocycles. The van der Waals surface area contributed by atoms with E-state index in [2.05, 4.69) is 21.2 Å². The number of fused-ring (bicyclic) bond motifs is 1. The van der Waals surface area contributed by atoms with Gasteiger partial charge in [0.25, 0.3) is 0 Å². The molecular weight excluding hydrogens is 354 g/mol. The van der Waals surface area contributed by atoms with E-state index in [-0.39, 0.29) is 6.04 Å². The van der Waals surface area contributed by atoms with Gasteiger partial charge in [-0.1, -0.05) is 17.7 Å². The number of methoxy groups -OCH3 is 1. The van der Waals surface area contributed by atoms with Gasteiger partial charge < -0.3 is 14.8 Å². The summed E-state index contributed by atoms with van der Waals surface area (Å²) in [6.07, 6.45) is 0.888. The third-order valence-corrected chi connectivity index (χ3v) is 4.94. The lowest BCUT2D eigenvalue weighted by atomic mass is 10.00. The molecule has 1 unspecified atom stereocenters. The Bertz CT molecular complexity index is 663. The van der Waals surface area contributed by atoms with Gasteiger partial charge in [-0.15, -0.1) is 0 Å². The fourth-order valence-corrected chi connectivity index (χ4v) is 3.01. The number of nitrogens with one attached hydrogen (secondary N) is 1. The molecule has 0 amide bonds. The van der Waals surface area contributed by atoms with E-state index in [0.29, 0.717) is 11.6 Å². The first-order valence-electron chi connectivity index (χ1n) is 6.70. The summed E-state index contributed by atoms with van der Waals surface area (Å²) in [4.78, 5) is 0. The van der Waals surface area contributed by atoms with Crippen molar-refractivity contribution in [2.45, 2.75) is 12.5 Å². The Labute approximate surface area is 137 Å². The molecule has 110 valence electrons. The van der Waals surface area contributed by atoms with E-state index >= 15 is 0 Å². The molecule has 0 saturated heterocycles. The first-order valence-corrected chi connectivity index (χ1v) is 7.87. The molecule has 0 aliphatic carbocycles. The minimum atomic E-state index is 0.165. The van der Waals surface area contributed by atoms with Gasteiger partial charge in [0.05, 0.1) is 34.9 Å². The maximum absolute atomic E-state index is 6.15. The largest absolute Gasteiger partial charge is 0.497 e. The van der Waals surface area contributed by atoms with Gasteiger partial charge in [0.15, 0.2) is 0 Å². The summed E-state index contributed by atoms with van der Waals surface area (Å²) in [6, 6.07) is 11.8. The van der Waals surface area contributed by atoms with E-state index in [0.717, 1.165) is 33.6 Å². The van der Waals surface area contributed by atoms with Crippen LogP contribution in [0.1, 0.15) is 18.0 Å². The van der Waals surface area contributed by atoms with Crippen LogP contribution in [0.15, 0.2) is 40.9 Å². The summed E-state index contributed by atoms with van der Waals surface area (Å²) in [6.45, 7) is 0.690. The van der Waals surface area contributed by atoms with Crippen LogP contribution in [0.3, 0.4) is 0 Å². The Balaban J connectivity index is 1.93. The SMILES string of the molecule is COc1ccc2c(c1)C(Nc1cccc(Cl)c1Br)CCO2. The van der Waals surface area contributed by atoms with Crippen LogP contribution in [0.25, 0.3) is 0 Å². The molecule has 0 spiro atoms. The second-order valence-electron chi connectivity index (χ2n) is 4.84. The second-order valence-corrected chi connectivity index (χ2v) is 6.04. The Kier molecular flexibility index (Phi) is 4.27. The van der Waals surface area contributed by atoms with Gasteiger partial charge in [0.1, 0.15) is 11.5 Å². The van der Waals surface area contributed by atoms with Crippen LogP contribution in [0.2, 0.25) is 5.02 Å². The van der Waals surface area contributed by atoms with Crippen molar-refractivity contribution in [2.24, 2.45) is 0 Å². The molecule has 1 heterocycles. The van der Waals surface area contributed by atoms with Crippen LogP contribution in [-0.2, 0) is 0 Å². The predicted molar refractivity (Wildman–Crippen MR) is 88.6 cm³/mol. The Morgan fingerprint density at radius 3 is 3.00 bits per heavy atom. The second kappa shape index (κ2) is 6.16. The van der Waals surface area contributed by atoms with Crippen molar-refractivity contribution in [1.29, 1.82) is 0 Å². The third-order valence-electron chi connectivity index (χ3n) is 3.54. The molecule has 2 aromatic rings. The van der Waals surface area contributed by atoms with E-state index in [1.165, 1.54) is 0 Å². The summed E-state index contributed by atoms with van der Waals surface area (Å²) < 4.78 is 11.9. The molecule has 5 heteroatoms. The van der Waals surface area contributed by atoms with Crippen molar-refractivity contribution in [3.63, 3.8) is 0 Å².